The van der Waals surface area contributed by atoms with Crippen LogP contribution in [0.3, 0.4) is 0 Å². The number of amides is 1. The molecule has 7 rings (SSSR count). The van der Waals surface area contributed by atoms with Crippen molar-refractivity contribution >= 4 is 50.0 Å². The summed E-state index contributed by atoms with van der Waals surface area (Å²) in [6.45, 7) is 0.820. The van der Waals surface area contributed by atoms with Gasteiger partial charge in [-0.25, -0.2) is 4.98 Å². The van der Waals surface area contributed by atoms with Gasteiger partial charge in [-0.3, -0.25) is 0 Å². The van der Waals surface area contributed by atoms with Crippen molar-refractivity contribution in [1.29, 1.82) is 0 Å². The number of imidazole rings is 1. The Kier molecular flexibility index (Phi) is 7.63. The van der Waals surface area contributed by atoms with Gasteiger partial charge in [-0.1, -0.05) is 18.2 Å². The van der Waals surface area contributed by atoms with Crippen molar-refractivity contribution in [2.75, 3.05) is 23.8 Å². The number of carbonyl (C=O) groups is 1. The number of para-hydroxylation sites is 1. The Bertz CT molecular complexity index is 1930. The number of benzene rings is 3. The molecule has 2 N–H and O–H groups in total. The second-order valence-corrected chi connectivity index (χ2v) is 20.9. The summed E-state index contributed by atoms with van der Waals surface area (Å²) in [5.74, 6) is 2.01. The summed E-state index contributed by atoms with van der Waals surface area (Å²) in [6, 6.07) is 22.0. The summed E-state index contributed by atoms with van der Waals surface area (Å²) in [4.78, 5) is 37.8. The molecule has 0 spiro atoms. The third-order valence-corrected chi connectivity index (χ3v) is 17.6. The fourth-order valence-corrected chi connectivity index (χ4v) is 12.2. The van der Waals surface area contributed by atoms with Gasteiger partial charge in [-0.2, -0.15) is 0 Å². The van der Waals surface area contributed by atoms with Gasteiger partial charge < -0.3 is 10.5 Å². The van der Waals surface area contributed by atoms with Crippen molar-refractivity contribution in [3.63, 3.8) is 0 Å². The van der Waals surface area contributed by atoms with E-state index >= 15 is 0 Å². The van der Waals surface area contributed by atoms with E-state index in [1.807, 2.05) is 30.3 Å². The summed E-state index contributed by atoms with van der Waals surface area (Å²) in [5, 5.41) is 0. The molecule has 3 heterocycles. The molecule has 1 fully saturated rings. The number of anilines is 2. The number of nitrogen functional groups attached to an aromatic ring is 1. The Morgan fingerprint density at radius 1 is 1.02 bits per heavy atom. The third-order valence-electron chi connectivity index (χ3n) is 8.25. The zero-order valence-electron chi connectivity index (χ0n) is 24.3. The summed E-state index contributed by atoms with van der Waals surface area (Å²) >= 11 is -1.52. The first-order valence-corrected chi connectivity index (χ1v) is 22.3. The molecule has 5 aromatic rings. The average molecular weight is 690 g/mol. The molecule has 0 atom stereocenters. The van der Waals surface area contributed by atoms with Crippen LogP contribution in [0.5, 0.6) is 17.2 Å². The minimum atomic E-state index is -1.52. The van der Waals surface area contributed by atoms with Gasteiger partial charge >= 0.3 is 181 Å². The molecule has 1 aliphatic heterocycles. The van der Waals surface area contributed by atoms with Gasteiger partial charge in [-0.15, -0.1) is 0 Å². The Morgan fingerprint density at radius 2 is 1.77 bits per heavy atom. The van der Waals surface area contributed by atoms with Crippen LogP contribution in [0.2, 0.25) is 12.5 Å². The van der Waals surface area contributed by atoms with Crippen molar-refractivity contribution in [1.82, 2.24) is 19.1 Å². The number of carbonyl (C=O) groups excluding carboxylic acids is 1. The fourth-order valence-electron chi connectivity index (χ4n) is 5.71. The number of rotatable bonds is 8. The second kappa shape index (κ2) is 11.9. The number of allylic oxidation sites excluding steroid dienone is 1. The Morgan fingerprint density at radius 3 is 2.55 bits per heavy atom. The average Bonchev–Trinajstić information content (AvgIpc) is 3.85. The quantitative estimate of drug-likeness (QED) is 0.213. The zero-order valence-corrected chi connectivity index (χ0v) is 27.6. The molecule has 0 saturated heterocycles. The van der Waals surface area contributed by atoms with Crippen LogP contribution >= 0.6 is 0 Å². The summed E-state index contributed by atoms with van der Waals surface area (Å²) < 4.78 is 19.3. The number of ether oxygens (including phenoxy) is 2. The van der Waals surface area contributed by atoms with E-state index in [0.29, 0.717) is 58.6 Å². The summed E-state index contributed by atoms with van der Waals surface area (Å²) in [5.41, 5.74) is 8.41. The molecule has 1 aliphatic carbocycles. The van der Waals surface area contributed by atoms with Gasteiger partial charge in [-0.05, 0) is 36.4 Å². The monoisotopic (exact) mass is 690 g/mol. The maximum atomic E-state index is 14.1. The number of hydrogen-bond donors (Lipinski definition) is 1. The molecule has 3 aromatic carbocycles. The molecular weight excluding hydrogens is 659 g/mol. The van der Waals surface area contributed by atoms with Crippen LogP contribution in [0.15, 0.2) is 96.1 Å². The van der Waals surface area contributed by atoms with Crippen molar-refractivity contribution < 1.29 is 14.3 Å². The molecule has 44 heavy (non-hydrogen) atoms. The molecule has 10 nitrogen and oxygen atoms in total. The molecule has 220 valence electrons. The molecule has 1 saturated carbocycles. The van der Waals surface area contributed by atoms with E-state index in [9.17, 15) is 9.59 Å². The van der Waals surface area contributed by atoms with Crippen LogP contribution in [0.1, 0.15) is 12.8 Å². The van der Waals surface area contributed by atoms with Crippen LogP contribution in [-0.4, -0.2) is 59.6 Å². The Balaban J connectivity index is 1.25. The Hall–Kier alpha value is -4.51. The number of hydrogen-bond acceptors (Lipinski definition) is 7. The third kappa shape index (κ3) is 5.47. The first-order valence-electron chi connectivity index (χ1n) is 14.8. The van der Waals surface area contributed by atoms with Gasteiger partial charge in [0, 0.05) is 0 Å². The second-order valence-electron chi connectivity index (χ2n) is 11.2. The zero-order chi connectivity index (χ0) is 30.2. The van der Waals surface area contributed by atoms with Crippen LogP contribution in [0.4, 0.5) is 11.5 Å². The van der Waals surface area contributed by atoms with E-state index in [1.54, 1.807) is 53.4 Å². The first-order chi connectivity index (χ1) is 21.5. The summed E-state index contributed by atoms with van der Waals surface area (Å²) in [6.07, 6.45) is 7.85. The molecular formula is C33H31InN6O4. The van der Waals surface area contributed by atoms with Gasteiger partial charge in [0.25, 0.3) is 0 Å². The maximum absolute atomic E-state index is 14.1. The van der Waals surface area contributed by atoms with Crippen molar-refractivity contribution in [3.8, 4) is 28.6 Å². The van der Waals surface area contributed by atoms with E-state index in [0.717, 1.165) is 7.85 Å². The molecule has 11 heteroatoms. The van der Waals surface area contributed by atoms with Crippen molar-refractivity contribution in [2.45, 2.75) is 25.4 Å². The summed E-state index contributed by atoms with van der Waals surface area (Å²) in [7, 11) is 0. The molecule has 0 radical (unpaired) electrons. The minimum absolute atomic E-state index is 0.0832. The topological polar surface area (TPSA) is 118 Å². The molecule has 2 aliphatic rings. The first kappa shape index (κ1) is 28.3. The van der Waals surface area contributed by atoms with Gasteiger partial charge in [0.1, 0.15) is 11.5 Å². The van der Waals surface area contributed by atoms with E-state index in [4.69, 9.17) is 15.2 Å². The number of fused-ring (bicyclic) bond motifs is 2. The Labute approximate surface area is 261 Å². The van der Waals surface area contributed by atoms with E-state index in [2.05, 4.69) is 20.7 Å². The van der Waals surface area contributed by atoms with E-state index in [-0.39, 0.29) is 17.4 Å². The van der Waals surface area contributed by atoms with Crippen LogP contribution in [-0.2, 0) is 4.79 Å². The van der Waals surface area contributed by atoms with E-state index < -0.39 is 21.4 Å². The predicted molar refractivity (Wildman–Crippen MR) is 172 cm³/mol. The van der Waals surface area contributed by atoms with Gasteiger partial charge in [0.05, 0.1) is 0 Å². The molecule has 0 bridgehead atoms. The van der Waals surface area contributed by atoms with Crippen LogP contribution in [0.25, 0.3) is 22.5 Å². The fraction of sp³-hybridized carbons (Fsp3) is 0.212. The molecule has 0 unspecified atom stereocenters. The standard InChI is InChI=1S/C29H23N6O4.C3H5.CH3.In/c1-2-6-25(36)33-15-16-38-24-14-11-20(17-23(24)33)35-28-26(27(30)31-18-32-28)34(29(35)37)19-9-12-22(13-10-19)39-21-7-4-3-5-8-21;1-2-3-1;;/h2-14,17-18H,1,15-16H2,(H2,30,31,32);1H,2-3H2;1H3;/b6-2+;;;. The number of nitrogens with zero attached hydrogens (tertiary/aromatic N) is 5. The number of aromatic nitrogens is 4. The SMILES string of the molecule is [CH3][In]([CH2]/C=C/C(=O)N1CCOc2ccc(-n3c(=O)n(-c4ccc(Oc5ccccc5)cc4)c4c(N)ncnc43)cc21)[CH]1CC1. The van der Waals surface area contributed by atoms with Crippen molar-refractivity contribution in [2.24, 2.45) is 0 Å². The number of nitrogens with two attached hydrogens (primary N) is 1. The normalized spacial score (nSPS) is 14.4. The van der Waals surface area contributed by atoms with Crippen molar-refractivity contribution in [3.05, 3.63) is 102 Å². The van der Waals surface area contributed by atoms with E-state index in [1.165, 1.54) is 28.3 Å². The van der Waals surface area contributed by atoms with Crippen LogP contribution in [0, 0.1) is 0 Å². The molecule has 1 amide bonds. The van der Waals surface area contributed by atoms with Gasteiger partial charge in [0.2, 0.25) is 0 Å². The van der Waals surface area contributed by atoms with Crippen LogP contribution < -0.4 is 25.8 Å². The molecule has 2 aromatic heterocycles. The van der Waals surface area contributed by atoms with Gasteiger partial charge in [0.15, 0.2) is 0 Å². The predicted octanol–water partition coefficient (Wildman–Crippen LogP) is 5.52.